The molecule has 1 aromatic rings. The minimum absolute atomic E-state index is 0.238. The van der Waals surface area contributed by atoms with Crippen LogP contribution in [0.15, 0.2) is 6.33 Å². The lowest BCUT2D eigenvalue weighted by molar-refractivity contribution is 0.0521. The summed E-state index contributed by atoms with van der Waals surface area (Å²) in [6.45, 7) is 2.95. The van der Waals surface area contributed by atoms with Crippen LogP contribution in [0.3, 0.4) is 0 Å². The van der Waals surface area contributed by atoms with E-state index in [1.54, 1.807) is 13.3 Å². The van der Waals surface area contributed by atoms with Crippen LogP contribution in [0.5, 0.6) is 0 Å². The van der Waals surface area contributed by atoms with Crippen LogP contribution in [0.1, 0.15) is 30.3 Å². The SMILES string of the molecule is CCOC(=O)c1ncn(CC2CCSCC2)c1N. The molecule has 0 radical (unpaired) electrons. The molecule has 1 aliphatic heterocycles. The fourth-order valence-electron chi connectivity index (χ4n) is 2.10. The standard InChI is InChI=1S/C12H19N3O2S/c1-2-17-12(16)10-11(13)15(8-14-10)7-9-3-5-18-6-4-9/h8-9H,2-7,13H2,1H3. The van der Waals surface area contributed by atoms with Gasteiger partial charge in [0.25, 0.3) is 0 Å². The van der Waals surface area contributed by atoms with Crippen LogP contribution in [0.4, 0.5) is 5.82 Å². The molecular formula is C12H19N3O2S. The molecule has 18 heavy (non-hydrogen) atoms. The van der Waals surface area contributed by atoms with Crippen molar-refractivity contribution in [3.8, 4) is 0 Å². The Balaban J connectivity index is 2.03. The third-order valence-electron chi connectivity index (χ3n) is 3.14. The molecule has 0 bridgehead atoms. The van der Waals surface area contributed by atoms with E-state index in [9.17, 15) is 4.79 Å². The number of anilines is 1. The molecule has 2 rings (SSSR count). The summed E-state index contributed by atoms with van der Waals surface area (Å²) in [6.07, 6.45) is 4.05. The topological polar surface area (TPSA) is 70.1 Å². The average molecular weight is 269 g/mol. The van der Waals surface area contributed by atoms with Crippen LogP contribution < -0.4 is 5.73 Å². The minimum Gasteiger partial charge on any atom is -0.461 e. The Morgan fingerprint density at radius 3 is 3.00 bits per heavy atom. The lowest BCUT2D eigenvalue weighted by atomic mass is 10.0. The monoisotopic (exact) mass is 269 g/mol. The Morgan fingerprint density at radius 2 is 2.33 bits per heavy atom. The van der Waals surface area contributed by atoms with E-state index in [1.165, 1.54) is 24.3 Å². The number of carbonyl (C=O) groups is 1. The summed E-state index contributed by atoms with van der Waals surface area (Å²) < 4.78 is 6.78. The molecule has 2 N–H and O–H groups in total. The third kappa shape index (κ3) is 2.98. The van der Waals surface area contributed by atoms with Crippen molar-refractivity contribution in [2.45, 2.75) is 26.3 Å². The van der Waals surface area contributed by atoms with Gasteiger partial charge in [0.1, 0.15) is 5.82 Å². The maximum Gasteiger partial charge on any atom is 0.360 e. The highest BCUT2D eigenvalue weighted by atomic mass is 32.2. The first-order valence-corrected chi connectivity index (χ1v) is 7.43. The highest BCUT2D eigenvalue weighted by Crippen LogP contribution is 2.25. The van der Waals surface area contributed by atoms with E-state index < -0.39 is 5.97 Å². The minimum atomic E-state index is -0.437. The number of imidazole rings is 1. The quantitative estimate of drug-likeness (QED) is 0.844. The number of hydrogen-bond acceptors (Lipinski definition) is 5. The summed E-state index contributed by atoms with van der Waals surface area (Å²) in [7, 11) is 0. The van der Waals surface area contributed by atoms with E-state index in [4.69, 9.17) is 10.5 Å². The van der Waals surface area contributed by atoms with Gasteiger partial charge in [0, 0.05) is 6.54 Å². The van der Waals surface area contributed by atoms with E-state index in [1.807, 2.05) is 16.3 Å². The molecule has 100 valence electrons. The van der Waals surface area contributed by atoms with Crippen LogP contribution >= 0.6 is 11.8 Å². The predicted molar refractivity (Wildman–Crippen MR) is 72.6 cm³/mol. The number of rotatable bonds is 4. The molecule has 0 spiro atoms. The summed E-state index contributed by atoms with van der Waals surface area (Å²) >= 11 is 2.00. The second-order valence-corrected chi connectivity index (χ2v) is 5.63. The Bertz CT molecular complexity index is 413. The number of nitrogen functional groups attached to an aromatic ring is 1. The van der Waals surface area contributed by atoms with Gasteiger partial charge in [0.2, 0.25) is 0 Å². The number of esters is 1. The van der Waals surface area contributed by atoms with Crippen LogP contribution in [0, 0.1) is 5.92 Å². The highest BCUT2D eigenvalue weighted by molar-refractivity contribution is 7.99. The van der Waals surface area contributed by atoms with Gasteiger partial charge in [-0.3, -0.25) is 0 Å². The molecule has 1 saturated heterocycles. The molecule has 0 aliphatic carbocycles. The first-order chi connectivity index (χ1) is 8.72. The molecule has 6 heteroatoms. The maximum absolute atomic E-state index is 11.6. The molecule has 2 heterocycles. The number of carbonyl (C=O) groups excluding carboxylic acids is 1. The molecule has 1 aliphatic rings. The second-order valence-electron chi connectivity index (χ2n) is 4.41. The van der Waals surface area contributed by atoms with E-state index in [-0.39, 0.29) is 5.69 Å². The summed E-state index contributed by atoms with van der Waals surface area (Å²) in [4.78, 5) is 15.6. The molecule has 0 amide bonds. The molecule has 1 fully saturated rings. The van der Waals surface area contributed by atoms with E-state index in [2.05, 4.69) is 4.98 Å². The van der Waals surface area contributed by atoms with Gasteiger partial charge in [-0.2, -0.15) is 11.8 Å². The summed E-state index contributed by atoms with van der Waals surface area (Å²) in [5.41, 5.74) is 6.18. The van der Waals surface area contributed by atoms with Crippen molar-refractivity contribution in [1.82, 2.24) is 9.55 Å². The van der Waals surface area contributed by atoms with Crippen molar-refractivity contribution < 1.29 is 9.53 Å². The normalized spacial score (nSPS) is 16.7. The fourth-order valence-corrected chi connectivity index (χ4v) is 3.31. The van der Waals surface area contributed by atoms with Gasteiger partial charge in [0.05, 0.1) is 12.9 Å². The van der Waals surface area contributed by atoms with Crippen LogP contribution in [0.2, 0.25) is 0 Å². The summed E-state index contributed by atoms with van der Waals surface area (Å²) in [6, 6.07) is 0. The fraction of sp³-hybridized carbons (Fsp3) is 0.667. The zero-order valence-electron chi connectivity index (χ0n) is 10.6. The third-order valence-corrected chi connectivity index (χ3v) is 4.19. The highest BCUT2D eigenvalue weighted by Gasteiger charge is 2.20. The summed E-state index contributed by atoms with van der Waals surface area (Å²) in [5.74, 6) is 3.05. The van der Waals surface area contributed by atoms with Gasteiger partial charge in [-0.15, -0.1) is 0 Å². The number of hydrogen-bond donors (Lipinski definition) is 1. The lowest BCUT2D eigenvalue weighted by Gasteiger charge is -2.21. The van der Waals surface area contributed by atoms with E-state index in [0.29, 0.717) is 18.3 Å². The zero-order chi connectivity index (χ0) is 13.0. The second kappa shape index (κ2) is 6.13. The van der Waals surface area contributed by atoms with Gasteiger partial charge in [-0.25, -0.2) is 9.78 Å². The van der Waals surface area contributed by atoms with Gasteiger partial charge >= 0.3 is 5.97 Å². The molecule has 0 atom stereocenters. The Labute approximate surface area is 111 Å². The van der Waals surface area contributed by atoms with Crippen LogP contribution in [-0.4, -0.2) is 33.6 Å². The van der Waals surface area contributed by atoms with Crippen molar-refractivity contribution >= 4 is 23.5 Å². The van der Waals surface area contributed by atoms with Gasteiger partial charge in [0.15, 0.2) is 5.69 Å². The first kappa shape index (κ1) is 13.3. The number of thioether (sulfide) groups is 1. The molecule has 0 aromatic carbocycles. The maximum atomic E-state index is 11.6. The number of aromatic nitrogens is 2. The molecule has 1 aromatic heterocycles. The average Bonchev–Trinajstić information content (AvgIpc) is 2.73. The van der Waals surface area contributed by atoms with E-state index >= 15 is 0 Å². The van der Waals surface area contributed by atoms with Gasteiger partial charge < -0.3 is 15.0 Å². The number of nitrogens with two attached hydrogens (primary N) is 1. The molecular weight excluding hydrogens is 250 g/mol. The largest absolute Gasteiger partial charge is 0.461 e. The van der Waals surface area contributed by atoms with Crippen molar-refractivity contribution in [3.63, 3.8) is 0 Å². The van der Waals surface area contributed by atoms with Crippen molar-refractivity contribution in [3.05, 3.63) is 12.0 Å². The number of ether oxygens (including phenoxy) is 1. The molecule has 0 unspecified atom stereocenters. The first-order valence-electron chi connectivity index (χ1n) is 6.27. The van der Waals surface area contributed by atoms with Crippen molar-refractivity contribution in [2.75, 3.05) is 23.8 Å². The lowest BCUT2D eigenvalue weighted by Crippen LogP contribution is -2.17. The number of nitrogens with zero attached hydrogens (tertiary/aromatic N) is 2. The molecule has 0 saturated carbocycles. The molecule has 5 nitrogen and oxygen atoms in total. The summed E-state index contributed by atoms with van der Waals surface area (Å²) in [5, 5.41) is 0. The Kier molecular flexibility index (Phi) is 4.52. The predicted octanol–water partition coefficient (Wildman–Crippen LogP) is 1.79. The van der Waals surface area contributed by atoms with Gasteiger partial charge in [-0.05, 0) is 37.2 Å². The van der Waals surface area contributed by atoms with Gasteiger partial charge in [-0.1, -0.05) is 0 Å². The van der Waals surface area contributed by atoms with Crippen LogP contribution in [-0.2, 0) is 11.3 Å². The van der Waals surface area contributed by atoms with Crippen LogP contribution in [0.25, 0.3) is 0 Å². The van der Waals surface area contributed by atoms with Crippen molar-refractivity contribution in [2.24, 2.45) is 5.92 Å². The van der Waals surface area contributed by atoms with E-state index in [0.717, 1.165) is 6.54 Å². The Hall–Kier alpha value is -1.17. The smallest absolute Gasteiger partial charge is 0.360 e. The zero-order valence-corrected chi connectivity index (χ0v) is 11.4. The van der Waals surface area contributed by atoms with Crippen molar-refractivity contribution in [1.29, 1.82) is 0 Å². The Morgan fingerprint density at radius 1 is 1.61 bits per heavy atom.